The highest BCUT2D eigenvalue weighted by molar-refractivity contribution is 5.53. The van der Waals surface area contributed by atoms with Crippen LogP contribution in [0.2, 0.25) is 0 Å². The maximum atomic E-state index is 5.91. The van der Waals surface area contributed by atoms with Crippen molar-refractivity contribution in [1.29, 1.82) is 0 Å². The van der Waals surface area contributed by atoms with Gasteiger partial charge in [0.05, 0.1) is 6.61 Å². The summed E-state index contributed by atoms with van der Waals surface area (Å²) < 4.78 is 7.89. The van der Waals surface area contributed by atoms with Crippen LogP contribution < -0.4 is 10.1 Å². The standard InChI is InChI=1S/C13H17N3O/c1-2-12(13-15-7-9-16(13)8-1)17-10-11-3-5-14-6-4-11/h1-2,7-9,11,14H,3-6,10H2. The van der Waals surface area contributed by atoms with E-state index in [0.717, 1.165) is 31.1 Å². The summed E-state index contributed by atoms with van der Waals surface area (Å²) in [6, 6.07) is 3.98. The van der Waals surface area contributed by atoms with Crippen LogP contribution >= 0.6 is 0 Å². The second-order valence-electron chi connectivity index (χ2n) is 4.53. The largest absolute Gasteiger partial charge is 0.489 e. The molecule has 3 heterocycles. The fourth-order valence-electron chi connectivity index (χ4n) is 2.29. The average molecular weight is 231 g/mol. The van der Waals surface area contributed by atoms with E-state index in [-0.39, 0.29) is 0 Å². The van der Waals surface area contributed by atoms with Crippen molar-refractivity contribution in [3.8, 4) is 5.75 Å². The van der Waals surface area contributed by atoms with Crippen molar-refractivity contribution in [3.63, 3.8) is 0 Å². The van der Waals surface area contributed by atoms with E-state index in [1.54, 1.807) is 6.20 Å². The maximum absolute atomic E-state index is 5.91. The van der Waals surface area contributed by atoms with E-state index in [1.165, 1.54) is 12.8 Å². The molecule has 1 aliphatic heterocycles. The van der Waals surface area contributed by atoms with Crippen LogP contribution in [0.3, 0.4) is 0 Å². The number of rotatable bonds is 3. The molecule has 2 aromatic heterocycles. The summed E-state index contributed by atoms with van der Waals surface area (Å²) in [5.41, 5.74) is 0.904. The minimum atomic E-state index is 0.673. The predicted octanol–water partition coefficient (Wildman–Crippen LogP) is 1.71. The number of piperidine rings is 1. The first-order chi connectivity index (χ1) is 8.43. The van der Waals surface area contributed by atoms with Gasteiger partial charge in [0.15, 0.2) is 11.4 Å². The lowest BCUT2D eigenvalue weighted by molar-refractivity contribution is 0.216. The minimum absolute atomic E-state index is 0.673. The van der Waals surface area contributed by atoms with Gasteiger partial charge >= 0.3 is 0 Å². The quantitative estimate of drug-likeness (QED) is 0.874. The normalized spacial score (nSPS) is 17.4. The zero-order valence-electron chi connectivity index (χ0n) is 9.80. The van der Waals surface area contributed by atoms with Crippen LogP contribution in [0.1, 0.15) is 12.8 Å². The fourth-order valence-corrected chi connectivity index (χ4v) is 2.29. The van der Waals surface area contributed by atoms with Gasteiger partial charge in [-0.25, -0.2) is 4.98 Å². The first kappa shape index (κ1) is 10.6. The third kappa shape index (κ3) is 2.26. The fraction of sp³-hybridized carbons (Fsp3) is 0.462. The van der Waals surface area contributed by atoms with Gasteiger partial charge in [-0.05, 0) is 44.0 Å². The number of imidazole rings is 1. The highest BCUT2D eigenvalue weighted by Gasteiger charge is 2.14. The van der Waals surface area contributed by atoms with E-state index < -0.39 is 0 Å². The number of fused-ring (bicyclic) bond motifs is 1. The molecule has 1 aliphatic rings. The van der Waals surface area contributed by atoms with Crippen molar-refractivity contribution in [2.75, 3.05) is 19.7 Å². The maximum Gasteiger partial charge on any atom is 0.179 e. The van der Waals surface area contributed by atoms with Crippen molar-refractivity contribution in [2.45, 2.75) is 12.8 Å². The molecule has 1 fully saturated rings. The van der Waals surface area contributed by atoms with E-state index in [2.05, 4.69) is 10.3 Å². The van der Waals surface area contributed by atoms with Crippen molar-refractivity contribution >= 4 is 5.65 Å². The molecule has 0 aromatic carbocycles. The van der Waals surface area contributed by atoms with Gasteiger partial charge in [-0.2, -0.15) is 0 Å². The average Bonchev–Trinajstić information content (AvgIpc) is 2.86. The number of hydrogen-bond donors (Lipinski definition) is 1. The first-order valence-corrected chi connectivity index (χ1v) is 6.19. The monoisotopic (exact) mass is 231 g/mol. The lowest BCUT2D eigenvalue weighted by Crippen LogP contribution is -2.30. The van der Waals surface area contributed by atoms with Crippen LogP contribution in [0.4, 0.5) is 0 Å². The molecule has 4 nitrogen and oxygen atoms in total. The lowest BCUT2D eigenvalue weighted by Gasteiger charge is -2.22. The topological polar surface area (TPSA) is 38.6 Å². The molecule has 0 radical (unpaired) electrons. The predicted molar refractivity (Wildman–Crippen MR) is 66.3 cm³/mol. The molecule has 0 amide bonds. The Morgan fingerprint density at radius 2 is 2.24 bits per heavy atom. The van der Waals surface area contributed by atoms with Gasteiger partial charge in [-0.3, -0.25) is 0 Å². The van der Waals surface area contributed by atoms with E-state index in [4.69, 9.17) is 4.74 Å². The first-order valence-electron chi connectivity index (χ1n) is 6.19. The molecule has 0 atom stereocenters. The number of hydrogen-bond acceptors (Lipinski definition) is 3. The number of pyridine rings is 1. The van der Waals surface area contributed by atoms with E-state index in [9.17, 15) is 0 Å². The van der Waals surface area contributed by atoms with Crippen LogP contribution in [0, 0.1) is 5.92 Å². The Balaban J connectivity index is 1.69. The third-order valence-electron chi connectivity index (χ3n) is 3.32. The van der Waals surface area contributed by atoms with Gasteiger partial charge in [0, 0.05) is 18.6 Å². The molecule has 0 aliphatic carbocycles. The number of nitrogens with zero attached hydrogens (tertiary/aromatic N) is 2. The van der Waals surface area contributed by atoms with E-state index >= 15 is 0 Å². The Labute approximate surface area is 101 Å². The molecule has 0 unspecified atom stereocenters. The summed E-state index contributed by atoms with van der Waals surface area (Å²) in [6.45, 7) is 3.03. The minimum Gasteiger partial charge on any atom is -0.489 e. The van der Waals surface area contributed by atoms with Crippen LogP contribution in [0.25, 0.3) is 5.65 Å². The highest BCUT2D eigenvalue weighted by Crippen LogP contribution is 2.20. The Morgan fingerprint density at radius 1 is 1.35 bits per heavy atom. The van der Waals surface area contributed by atoms with Gasteiger partial charge in [-0.15, -0.1) is 0 Å². The summed E-state index contributed by atoms with van der Waals surface area (Å²) >= 11 is 0. The van der Waals surface area contributed by atoms with Gasteiger partial charge in [0.2, 0.25) is 0 Å². The van der Waals surface area contributed by atoms with E-state index in [0.29, 0.717) is 5.92 Å². The zero-order valence-corrected chi connectivity index (χ0v) is 9.80. The number of nitrogens with one attached hydrogen (secondary N) is 1. The summed E-state index contributed by atoms with van der Waals surface area (Å²) in [7, 11) is 0. The van der Waals surface area contributed by atoms with Crippen LogP contribution in [-0.2, 0) is 0 Å². The third-order valence-corrected chi connectivity index (χ3v) is 3.32. The summed E-state index contributed by atoms with van der Waals surface area (Å²) in [4.78, 5) is 4.31. The van der Waals surface area contributed by atoms with Gasteiger partial charge in [0.25, 0.3) is 0 Å². The molecule has 1 saturated heterocycles. The molecule has 0 saturated carbocycles. The second-order valence-corrected chi connectivity index (χ2v) is 4.53. The van der Waals surface area contributed by atoms with Gasteiger partial charge < -0.3 is 14.5 Å². The van der Waals surface area contributed by atoms with Crippen LogP contribution in [-0.4, -0.2) is 29.1 Å². The molecule has 0 spiro atoms. The van der Waals surface area contributed by atoms with Crippen molar-refractivity contribution in [2.24, 2.45) is 5.92 Å². The summed E-state index contributed by atoms with van der Waals surface area (Å²) in [5, 5.41) is 3.37. The Kier molecular flexibility index (Phi) is 2.96. The molecular weight excluding hydrogens is 214 g/mol. The Hall–Kier alpha value is -1.55. The van der Waals surface area contributed by atoms with Crippen molar-refractivity contribution < 1.29 is 4.74 Å². The van der Waals surface area contributed by atoms with Crippen LogP contribution in [0.15, 0.2) is 30.7 Å². The lowest BCUT2D eigenvalue weighted by atomic mass is 9.99. The van der Waals surface area contributed by atoms with Gasteiger partial charge in [-0.1, -0.05) is 0 Å². The molecule has 2 aromatic rings. The number of ether oxygens (including phenoxy) is 1. The smallest absolute Gasteiger partial charge is 0.179 e. The Morgan fingerprint density at radius 3 is 3.12 bits per heavy atom. The molecule has 4 heteroatoms. The molecular formula is C13H17N3O. The molecule has 1 N–H and O–H groups in total. The van der Waals surface area contributed by atoms with Crippen molar-refractivity contribution in [3.05, 3.63) is 30.7 Å². The molecule has 17 heavy (non-hydrogen) atoms. The van der Waals surface area contributed by atoms with Crippen molar-refractivity contribution in [1.82, 2.24) is 14.7 Å². The van der Waals surface area contributed by atoms with E-state index in [1.807, 2.05) is 28.9 Å². The van der Waals surface area contributed by atoms with Crippen LogP contribution in [0.5, 0.6) is 5.75 Å². The second kappa shape index (κ2) is 4.75. The molecule has 90 valence electrons. The SMILES string of the molecule is c1cc(OCC2CCNCC2)c2nccn2c1. The van der Waals surface area contributed by atoms with Gasteiger partial charge in [0.1, 0.15) is 0 Å². The molecule has 3 rings (SSSR count). The summed E-state index contributed by atoms with van der Waals surface area (Å²) in [6.07, 6.45) is 8.13. The highest BCUT2D eigenvalue weighted by atomic mass is 16.5. The zero-order chi connectivity index (χ0) is 11.5. The summed E-state index contributed by atoms with van der Waals surface area (Å²) in [5.74, 6) is 1.56. The number of aromatic nitrogens is 2. The molecule has 0 bridgehead atoms. The Bertz CT molecular complexity index is 488.